The van der Waals surface area contributed by atoms with Crippen LogP contribution in [0.3, 0.4) is 0 Å². The minimum Gasteiger partial charge on any atom is -0.352 e. The number of nitrogens with zero attached hydrogens (tertiary/aromatic N) is 4. The van der Waals surface area contributed by atoms with Gasteiger partial charge in [0.05, 0.1) is 16.3 Å². The molecule has 0 N–H and O–H groups in total. The van der Waals surface area contributed by atoms with Crippen molar-refractivity contribution in [2.45, 2.75) is 6.92 Å². The lowest BCUT2D eigenvalue weighted by Gasteiger charge is -2.35. The standard InChI is InChI=1S/C22H20BrClN4O/c1-15-2-4-16(5-3-15)20-8-9-21(26-25-20)27-10-12-28(13-11-27)22(29)18-14-17(23)6-7-19(18)24/h2-9,14H,10-13H2,1H3. The van der Waals surface area contributed by atoms with Crippen LogP contribution < -0.4 is 4.90 Å². The van der Waals surface area contributed by atoms with Crippen LogP contribution >= 0.6 is 27.5 Å². The first-order valence-electron chi connectivity index (χ1n) is 9.41. The van der Waals surface area contributed by atoms with E-state index in [1.807, 2.05) is 23.1 Å². The van der Waals surface area contributed by atoms with Crippen LogP contribution in [-0.4, -0.2) is 47.2 Å². The molecule has 5 nitrogen and oxygen atoms in total. The van der Waals surface area contributed by atoms with E-state index >= 15 is 0 Å². The number of rotatable bonds is 3. The average molecular weight is 472 g/mol. The summed E-state index contributed by atoms with van der Waals surface area (Å²) >= 11 is 9.61. The number of hydrogen-bond donors (Lipinski definition) is 0. The lowest BCUT2D eigenvalue weighted by atomic mass is 10.1. The zero-order valence-corrected chi connectivity index (χ0v) is 18.3. The van der Waals surface area contributed by atoms with Gasteiger partial charge in [-0.1, -0.05) is 57.4 Å². The van der Waals surface area contributed by atoms with E-state index in [2.05, 4.69) is 62.2 Å². The Morgan fingerprint density at radius 1 is 0.966 bits per heavy atom. The van der Waals surface area contributed by atoms with Crippen molar-refractivity contribution in [3.63, 3.8) is 0 Å². The molecule has 0 unspecified atom stereocenters. The van der Waals surface area contributed by atoms with Gasteiger partial charge in [-0.05, 0) is 37.3 Å². The fourth-order valence-electron chi connectivity index (χ4n) is 3.34. The molecule has 0 bridgehead atoms. The first-order valence-corrected chi connectivity index (χ1v) is 10.6. The molecule has 7 heteroatoms. The van der Waals surface area contributed by atoms with E-state index < -0.39 is 0 Å². The molecule has 3 aromatic rings. The number of piperazine rings is 1. The van der Waals surface area contributed by atoms with Crippen molar-refractivity contribution in [2.75, 3.05) is 31.1 Å². The number of anilines is 1. The van der Waals surface area contributed by atoms with Crippen LogP contribution in [0, 0.1) is 6.92 Å². The molecule has 1 fully saturated rings. The molecule has 148 valence electrons. The van der Waals surface area contributed by atoms with Gasteiger partial charge in [-0.25, -0.2) is 0 Å². The predicted octanol–water partition coefficient (Wildman–Crippen LogP) is 4.83. The largest absolute Gasteiger partial charge is 0.352 e. The van der Waals surface area contributed by atoms with Crippen LogP contribution in [0.5, 0.6) is 0 Å². The Kier molecular flexibility index (Phi) is 5.83. The Morgan fingerprint density at radius 2 is 1.69 bits per heavy atom. The van der Waals surface area contributed by atoms with E-state index in [1.54, 1.807) is 12.1 Å². The Morgan fingerprint density at radius 3 is 2.34 bits per heavy atom. The summed E-state index contributed by atoms with van der Waals surface area (Å²) in [4.78, 5) is 16.8. The van der Waals surface area contributed by atoms with Gasteiger partial charge in [0.15, 0.2) is 5.82 Å². The molecule has 0 radical (unpaired) electrons. The summed E-state index contributed by atoms with van der Waals surface area (Å²) < 4.78 is 0.841. The number of carbonyl (C=O) groups is 1. The van der Waals surface area contributed by atoms with E-state index in [0.717, 1.165) is 21.5 Å². The molecule has 0 aliphatic carbocycles. The highest BCUT2D eigenvalue weighted by atomic mass is 79.9. The lowest BCUT2D eigenvalue weighted by Crippen LogP contribution is -2.49. The molecule has 0 saturated carbocycles. The molecular formula is C22H20BrClN4O. The summed E-state index contributed by atoms with van der Waals surface area (Å²) in [7, 11) is 0. The van der Waals surface area contributed by atoms with Gasteiger partial charge in [-0.2, -0.15) is 0 Å². The average Bonchev–Trinajstić information content (AvgIpc) is 2.76. The predicted molar refractivity (Wildman–Crippen MR) is 119 cm³/mol. The maximum absolute atomic E-state index is 12.8. The SMILES string of the molecule is Cc1ccc(-c2ccc(N3CCN(C(=O)c4cc(Br)ccc4Cl)CC3)nn2)cc1. The van der Waals surface area contributed by atoms with Crippen LogP contribution in [0.4, 0.5) is 5.82 Å². The van der Waals surface area contributed by atoms with E-state index in [1.165, 1.54) is 5.56 Å². The van der Waals surface area contributed by atoms with Crippen LogP contribution in [0.25, 0.3) is 11.3 Å². The molecule has 2 aromatic carbocycles. The zero-order valence-electron chi connectivity index (χ0n) is 16.0. The van der Waals surface area contributed by atoms with E-state index in [0.29, 0.717) is 36.8 Å². The van der Waals surface area contributed by atoms with Gasteiger partial charge in [0, 0.05) is 36.2 Å². The zero-order chi connectivity index (χ0) is 20.4. The minimum atomic E-state index is -0.0447. The van der Waals surface area contributed by atoms with Gasteiger partial charge in [0.2, 0.25) is 0 Å². The van der Waals surface area contributed by atoms with Crippen LogP contribution in [0.2, 0.25) is 5.02 Å². The first-order chi connectivity index (χ1) is 14.0. The van der Waals surface area contributed by atoms with Crippen molar-refractivity contribution in [3.05, 3.63) is 75.2 Å². The fraction of sp³-hybridized carbons (Fsp3) is 0.227. The Hall–Kier alpha value is -2.44. The van der Waals surface area contributed by atoms with Crippen LogP contribution in [-0.2, 0) is 0 Å². The van der Waals surface area contributed by atoms with Gasteiger partial charge >= 0.3 is 0 Å². The van der Waals surface area contributed by atoms with Gasteiger partial charge < -0.3 is 9.80 Å². The molecule has 1 aliphatic rings. The number of carbonyl (C=O) groups excluding carboxylic acids is 1. The third kappa shape index (κ3) is 4.43. The minimum absolute atomic E-state index is 0.0447. The number of aryl methyl sites for hydroxylation is 1. The summed E-state index contributed by atoms with van der Waals surface area (Å²) in [6, 6.07) is 17.6. The second-order valence-corrected chi connectivity index (χ2v) is 8.37. The molecule has 4 rings (SSSR count). The van der Waals surface area contributed by atoms with Gasteiger partial charge in [-0.15, -0.1) is 10.2 Å². The highest BCUT2D eigenvalue weighted by Crippen LogP contribution is 2.24. The molecule has 1 aromatic heterocycles. The molecule has 1 saturated heterocycles. The number of hydrogen-bond acceptors (Lipinski definition) is 4. The quantitative estimate of drug-likeness (QED) is 0.549. The Balaban J connectivity index is 1.41. The molecule has 1 amide bonds. The molecule has 0 atom stereocenters. The van der Waals surface area contributed by atoms with Crippen molar-refractivity contribution in [1.82, 2.24) is 15.1 Å². The summed E-state index contributed by atoms with van der Waals surface area (Å²) in [5.74, 6) is 0.783. The van der Waals surface area contributed by atoms with Crippen LogP contribution in [0.15, 0.2) is 59.1 Å². The molecule has 0 spiro atoms. The van der Waals surface area contributed by atoms with E-state index in [-0.39, 0.29) is 5.91 Å². The topological polar surface area (TPSA) is 49.3 Å². The summed E-state index contributed by atoms with van der Waals surface area (Å²) in [6.07, 6.45) is 0. The summed E-state index contributed by atoms with van der Waals surface area (Å²) in [6.45, 7) is 4.70. The lowest BCUT2D eigenvalue weighted by molar-refractivity contribution is 0.0746. The maximum atomic E-state index is 12.8. The number of amides is 1. The third-order valence-corrected chi connectivity index (χ3v) is 5.87. The third-order valence-electron chi connectivity index (χ3n) is 5.05. The van der Waals surface area contributed by atoms with E-state index in [4.69, 9.17) is 11.6 Å². The molecule has 29 heavy (non-hydrogen) atoms. The Bertz CT molecular complexity index is 1020. The summed E-state index contributed by atoms with van der Waals surface area (Å²) in [5, 5.41) is 9.25. The van der Waals surface area contributed by atoms with Crippen molar-refractivity contribution in [1.29, 1.82) is 0 Å². The second kappa shape index (κ2) is 8.51. The molecular weight excluding hydrogens is 452 g/mol. The highest BCUT2D eigenvalue weighted by Gasteiger charge is 2.24. The molecule has 1 aliphatic heterocycles. The first kappa shape index (κ1) is 19.9. The van der Waals surface area contributed by atoms with Crippen molar-refractivity contribution >= 4 is 39.3 Å². The van der Waals surface area contributed by atoms with Gasteiger partial charge in [0.25, 0.3) is 5.91 Å². The summed E-state index contributed by atoms with van der Waals surface area (Å²) in [5.41, 5.74) is 3.65. The number of benzene rings is 2. The normalized spacial score (nSPS) is 14.2. The Labute approximate surface area is 183 Å². The fourth-order valence-corrected chi connectivity index (χ4v) is 3.90. The second-order valence-electron chi connectivity index (χ2n) is 7.05. The highest BCUT2D eigenvalue weighted by molar-refractivity contribution is 9.10. The van der Waals surface area contributed by atoms with Crippen LogP contribution in [0.1, 0.15) is 15.9 Å². The van der Waals surface area contributed by atoms with Crippen molar-refractivity contribution < 1.29 is 4.79 Å². The smallest absolute Gasteiger partial charge is 0.255 e. The van der Waals surface area contributed by atoms with Gasteiger partial charge in [0.1, 0.15) is 0 Å². The van der Waals surface area contributed by atoms with E-state index in [9.17, 15) is 4.79 Å². The number of halogens is 2. The monoisotopic (exact) mass is 470 g/mol. The van der Waals surface area contributed by atoms with Crippen molar-refractivity contribution in [2.24, 2.45) is 0 Å². The maximum Gasteiger partial charge on any atom is 0.255 e. The van der Waals surface area contributed by atoms with Gasteiger partial charge in [-0.3, -0.25) is 4.79 Å². The number of aromatic nitrogens is 2. The molecule has 2 heterocycles. The van der Waals surface area contributed by atoms with Crippen molar-refractivity contribution in [3.8, 4) is 11.3 Å².